The van der Waals surface area contributed by atoms with Crippen molar-refractivity contribution in [1.29, 1.82) is 0 Å². The Hall–Kier alpha value is -9.54. The molecule has 4 heterocycles. The van der Waals surface area contributed by atoms with E-state index in [9.17, 15) is 34.5 Å². The summed E-state index contributed by atoms with van der Waals surface area (Å²) in [6.07, 6.45) is 4.33. The molecule has 8 aromatic carbocycles. The van der Waals surface area contributed by atoms with Gasteiger partial charge in [0, 0.05) is 75.7 Å². The molecular weight excluding hydrogens is 1370 g/mol. The van der Waals surface area contributed by atoms with Crippen LogP contribution in [0, 0.1) is 31.6 Å². The number of carbonyl (C=O) groups excluding carboxylic acids is 3. The van der Waals surface area contributed by atoms with Gasteiger partial charge in [-0.05, 0) is 154 Å². The van der Waals surface area contributed by atoms with E-state index < -0.39 is 29.7 Å². The number of hydrogen-bond acceptors (Lipinski definition) is 17. The average molecular weight is 1460 g/mol. The largest absolute Gasteiger partial charge is 1.00 e. The van der Waals surface area contributed by atoms with Crippen LogP contribution in [-0.2, 0) is 50.2 Å². The fourth-order valence-electron chi connectivity index (χ4n) is 11.8. The van der Waals surface area contributed by atoms with Crippen LogP contribution < -0.4 is 97.7 Å². The smallest absolute Gasteiger partial charge is 0.550 e. The van der Waals surface area contributed by atoms with Gasteiger partial charge in [0.05, 0.1) is 51.0 Å². The summed E-state index contributed by atoms with van der Waals surface area (Å²) >= 11 is 0. The first-order chi connectivity index (χ1) is 50.3. The Kier molecular flexibility index (Phi) is 32.7. The quantitative estimate of drug-likeness (QED) is 0.0324. The molecule has 106 heavy (non-hydrogen) atoms. The standard InChI is InChI=1S/2C36H34N2O6.C8H16O2.C4H8O2.2Na/c2*1-23(36(39)40)18-19-42-32-15-9-14-30-34(32)27-12-7-8-13-29(27)38(30)21-25-16-17-31(33(20-25)41-3)43-22-28-24(2)44-35(37-28)26-10-5-4-6-11-26;1-3-5-6-7(4-2)8(9)10;1-3-6-4(2)5;;/h2*4-17,20,23H,18-19,21-22H2,1-3H3,(H,39,40);7H,3-6H2,1-2H3,(H,9,10);3H2,1-2H3;;/q;;;;2*+1/p-2. The summed E-state index contributed by atoms with van der Waals surface area (Å²) in [6.45, 7) is 17.0. The number of oxazole rings is 2. The Bertz CT molecular complexity index is 4560. The Morgan fingerprint density at radius 1 is 0.500 bits per heavy atom. The third-order valence-electron chi connectivity index (χ3n) is 17.7. The number of carbonyl (C=O) groups is 4. The fourth-order valence-corrected chi connectivity index (χ4v) is 11.8. The van der Waals surface area contributed by atoms with Gasteiger partial charge in [0.1, 0.15) is 47.6 Å². The van der Waals surface area contributed by atoms with Gasteiger partial charge in [-0.1, -0.05) is 138 Å². The maximum atomic E-state index is 11.3. The van der Waals surface area contributed by atoms with Gasteiger partial charge < -0.3 is 76.0 Å². The third-order valence-corrected chi connectivity index (χ3v) is 17.7. The van der Waals surface area contributed by atoms with Gasteiger partial charge in [0.2, 0.25) is 11.8 Å². The van der Waals surface area contributed by atoms with Crippen molar-refractivity contribution in [3.8, 4) is 57.4 Å². The van der Waals surface area contributed by atoms with E-state index in [4.69, 9.17) is 37.3 Å². The van der Waals surface area contributed by atoms with Crippen LogP contribution in [0.3, 0.4) is 0 Å². The summed E-state index contributed by atoms with van der Waals surface area (Å²) in [5.74, 6) is 2.25. The molecule has 0 fully saturated rings. The molecule has 0 aliphatic carbocycles. The zero-order valence-corrected chi connectivity index (χ0v) is 66.6. The fraction of sp³-hybridized carbons (Fsp3) is 0.310. The van der Waals surface area contributed by atoms with Gasteiger partial charge in [-0.3, -0.25) is 9.59 Å². The minimum atomic E-state index is -1.07. The first kappa shape index (κ1) is 83.7. The number of para-hydroxylation sites is 2. The first-order valence-corrected chi connectivity index (χ1v) is 35.0. The van der Waals surface area contributed by atoms with Crippen molar-refractivity contribution >= 4 is 67.5 Å². The van der Waals surface area contributed by atoms with Crippen LogP contribution in [0.5, 0.6) is 34.5 Å². The number of carboxylic acids is 3. The van der Waals surface area contributed by atoms with E-state index in [0.29, 0.717) is 91.9 Å². The van der Waals surface area contributed by atoms with Gasteiger partial charge in [-0.2, -0.15) is 0 Å². The monoisotopic (exact) mass is 1460 g/mol. The number of benzene rings is 8. The third kappa shape index (κ3) is 22.0. The number of aryl methyl sites for hydroxylation is 2. The summed E-state index contributed by atoms with van der Waals surface area (Å²) in [7, 11) is 3.27. The van der Waals surface area contributed by atoms with Crippen molar-refractivity contribution in [2.24, 2.45) is 17.8 Å². The van der Waals surface area contributed by atoms with Crippen LogP contribution in [0.25, 0.3) is 66.5 Å². The van der Waals surface area contributed by atoms with Crippen molar-refractivity contribution in [3.63, 3.8) is 0 Å². The number of methoxy groups -OCH3 is 2. The molecule has 0 saturated heterocycles. The normalized spacial score (nSPS) is 11.6. The molecule has 0 saturated carbocycles. The summed E-state index contributed by atoms with van der Waals surface area (Å²) < 4.78 is 56.7. The molecule has 0 spiro atoms. The summed E-state index contributed by atoms with van der Waals surface area (Å²) in [6, 6.07) is 59.9. The molecule has 0 radical (unpaired) electrons. The van der Waals surface area contributed by atoms with Crippen LogP contribution in [0.2, 0.25) is 0 Å². The minimum Gasteiger partial charge on any atom is -0.550 e. The molecule has 4 aromatic heterocycles. The Labute approximate surface area is 662 Å². The molecule has 12 rings (SSSR count). The maximum Gasteiger partial charge on any atom is 1.00 e. The number of ether oxygens (including phenoxy) is 7. The van der Waals surface area contributed by atoms with E-state index in [1.165, 1.54) is 6.92 Å². The van der Waals surface area contributed by atoms with Crippen molar-refractivity contribution < 1.29 is 136 Å². The van der Waals surface area contributed by atoms with Crippen LogP contribution in [-0.4, -0.2) is 82.1 Å². The number of fused-ring (bicyclic) bond motifs is 6. The second-order valence-corrected chi connectivity index (χ2v) is 25.1. The Morgan fingerprint density at radius 2 is 0.925 bits per heavy atom. The zero-order chi connectivity index (χ0) is 74.2. The van der Waals surface area contributed by atoms with Gasteiger partial charge in [-0.25, -0.2) is 9.97 Å². The van der Waals surface area contributed by atoms with Crippen molar-refractivity contribution in [1.82, 2.24) is 19.1 Å². The molecule has 20 nitrogen and oxygen atoms in total. The zero-order valence-electron chi connectivity index (χ0n) is 62.6. The molecule has 3 unspecified atom stereocenters. The van der Waals surface area contributed by atoms with Gasteiger partial charge >= 0.3 is 71.1 Å². The number of carboxylic acid groups (broad SMARTS) is 3. The molecular formula is C84H90N4Na2O16. The van der Waals surface area contributed by atoms with Gasteiger partial charge in [-0.15, -0.1) is 0 Å². The first-order valence-electron chi connectivity index (χ1n) is 35.0. The summed E-state index contributed by atoms with van der Waals surface area (Å²) in [5.41, 5.74) is 9.57. The van der Waals surface area contributed by atoms with E-state index >= 15 is 0 Å². The SMILES string of the molecule is CCCCC(CC)C(=O)[O-].CCOC(C)=O.COc1cc(Cn2c3ccccc3c3c(OCCC(C)C(=O)O)cccc32)ccc1OCc1nc(-c2ccccc2)oc1C.COc1cc(Cn2c3ccccc3c3c(OCCC(C)C(=O)[O-])cccc32)ccc1OCc1nc(-c2ccccc2)oc1C.[Na+].[Na+]. The number of rotatable bonds is 30. The van der Waals surface area contributed by atoms with E-state index in [2.05, 4.69) is 67.2 Å². The van der Waals surface area contributed by atoms with Gasteiger partial charge in [0.25, 0.3) is 0 Å². The molecule has 12 aromatic rings. The molecule has 0 bridgehead atoms. The predicted molar refractivity (Wildman–Crippen MR) is 397 cm³/mol. The van der Waals surface area contributed by atoms with Crippen molar-refractivity contribution in [2.45, 2.75) is 120 Å². The van der Waals surface area contributed by atoms with Crippen LogP contribution >= 0.6 is 0 Å². The number of nitrogens with zero attached hydrogens (tertiary/aromatic N) is 4. The second-order valence-electron chi connectivity index (χ2n) is 25.1. The number of unbranched alkanes of at least 4 members (excludes halogenated alkanes) is 1. The average Bonchev–Trinajstić information content (AvgIpc) is 1.60. The van der Waals surface area contributed by atoms with E-state index in [1.807, 2.05) is 166 Å². The molecule has 3 atom stereocenters. The second kappa shape index (κ2) is 41.4. The minimum absolute atomic E-state index is 0. The van der Waals surface area contributed by atoms with Gasteiger partial charge in [0.15, 0.2) is 23.0 Å². The van der Waals surface area contributed by atoms with E-state index in [0.717, 1.165) is 108 Å². The molecule has 0 aliphatic heterocycles. The van der Waals surface area contributed by atoms with E-state index in [-0.39, 0.29) is 90.8 Å². The molecule has 544 valence electrons. The Morgan fingerprint density at radius 3 is 1.30 bits per heavy atom. The van der Waals surface area contributed by atoms with Crippen LogP contribution in [0.1, 0.15) is 114 Å². The molecule has 0 aliphatic rings. The van der Waals surface area contributed by atoms with Crippen molar-refractivity contribution in [3.05, 3.63) is 216 Å². The maximum absolute atomic E-state index is 11.3. The predicted octanol–water partition coefficient (Wildman–Crippen LogP) is 9.96. The topological polar surface area (TPSA) is 261 Å². The van der Waals surface area contributed by atoms with E-state index in [1.54, 1.807) is 35.0 Å². The number of aliphatic carboxylic acids is 3. The summed E-state index contributed by atoms with van der Waals surface area (Å²) in [5, 5.41) is 34.9. The molecule has 22 heteroatoms. The van der Waals surface area contributed by atoms with Crippen LogP contribution in [0.15, 0.2) is 191 Å². The molecule has 1 N–H and O–H groups in total. The van der Waals surface area contributed by atoms with Crippen LogP contribution in [0.4, 0.5) is 0 Å². The number of hydrogen-bond donors (Lipinski definition) is 1. The number of esters is 1. The molecule has 0 amide bonds. The number of aromatic nitrogens is 4. The summed E-state index contributed by atoms with van der Waals surface area (Å²) in [4.78, 5) is 51.8. The Balaban J connectivity index is 0.000000241. The van der Waals surface area contributed by atoms with Crippen molar-refractivity contribution in [2.75, 3.05) is 34.0 Å².